The molecule has 0 aromatic carbocycles. The maximum atomic E-state index is 10.0. The van der Waals surface area contributed by atoms with Gasteiger partial charge in [-0.05, 0) is 51.9 Å². The summed E-state index contributed by atoms with van der Waals surface area (Å²) in [5.74, 6) is 1.11. The van der Waals surface area contributed by atoms with Crippen molar-refractivity contribution < 1.29 is 5.11 Å². The first kappa shape index (κ1) is 10.3. The third-order valence-corrected chi connectivity index (χ3v) is 4.12. The molecule has 1 saturated carbocycles. The van der Waals surface area contributed by atoms with Crippen LogP contribution in [0.15, 0.2) is 0 Å². The first-order valence-electron chi connectivity index (χ1n) is 6.52. The molecule has 3 nitrogen and oxygen atoms in total. The Hall–Kier alpha value is -0.830. The molecular weight excluding hydrogens is 200 g/mol. The first-order chi connectivity index (χ1) is 7.77. The van der Waals surface area contributed by atoms with E-state index in [1.54, 1.807) is 0 Å². The van der Waals surface area contributed by atoms with Gasteiger partial charge in [0.1, 0.15) is 5.82 Å². The lowest BCUT2D eigenvalue weighted by molar-refractivity contribution is 0.133. The quantitative estimate of drug-likeness (QED) is 0.787. The molecule has 1 heterocycles. The largest absolute Gasteiger partial charge is 0.391 e. The number of imidazole rings is 1. The monoisotopic (exact) mass is 220 g/mol. The number of hydrogen-bond donors (Lipinski definition) is 1. The average molecular weight is 220 g/mol. The van der Waals surface area contributed by atoms with Gasteiger partial charge in [-0.25, -0.2) is 4.98 Å². The molecule has 16 heavy (non-hydrogen) atoms. The van der Waals surface area contributed by atoms with Crippen LogP contribution in [0.5, 0.6) is 0 Å². The lowest BCUT2D eigenvalue weighted by atomic mass is 10.0. The number of fused-ring (bicyclic) bond motifs is 1. The van der Waals surface area contributed by atoms with E-state index in [0.29, 0.717) is 6.04 Å². The zero-order valence-corrected chi connectivity index (χ0v) is 9.95. The van der Waals surface area contributed by atoms with Crippen molar-refractivity contribution in [3.63, 3.8) is 0 Å². The third-order valence-electron chi connectivity index (χ3n) is 4.12. The first-order valence-corrected chi connectivity index (χ1v) is 6.52. The van der Waals surface area contributed by atoms with Gasteiger partial charge in [0.25, 0.3) is 0 Å². The molecule has 2 aliphatic carbocycles. The Bertz CT molecular complexity index is 397. The van der Waals surface area contributed by atoms with E-state index in [2.05, 4.69) is 16.5 Å². The number of aliphatic hydroxyl groups excluding tert-OH is 1. The zero-order valence-electron chi connectivity index (χ0n) is 9.95. The van der Waals surface area contributed by atoms with Crippen molar-refractivity contribution in [3.05, 3.63) is 17.2 Å². The number of nitrogens with zero attached hydrogens (tertiary/aromatic N) is 2. The molecule has 88 valence electrons. The minimum absolute atomic E-state index is 0.154. The Morgan fingerprint density at radius 2 is 2.00 bits per heavy atom. The van der Waals surface area contributed by atoms with Crippen LogP contribution >= 0.6 is 0 Å². The Labute approximate surface area is 96.5 Å². The fourth-order valence-corrected chi connectivity index (χ4v) is 3.36. The summed E-state index contributed by atoms with van der Waals surface area (Å²) in [4.78, 5) is 4.68. The summed E-state index contributed by atoms with van der Waals surface area (Å²) >= 11 is 0. The highest BCUT2D eigenvalue weighted by atomic mass is 16.3. The van der Waals surface area contributed by atoms with Crippen LogP contribution in [0.1, 0.15) is 55.4 Å². The van der Waals surface area contributed by atoms with Gasteiger partial charge in [0, 0.05) is 5.69 Å². The fraction of sp³-hybridized carbons (Fsp3) is 0.769. The molecule has 0 saturated heterocycles. The van der Waals surface area contributed by atoms with E-state index in [9.17, 15) is 5.11 Å². The summed E-state index contributed by atoms with van der Waals surface area (Å²) in [6, 6.07) is 0.300. The number of aryl methyl sites for hydroxylation is 2. The van der Waals surface area contributed by atoms with Gasteiger partial charge in [-0.3, -0.25) is 0 Å². The van der Waals surface area contributed by atoms with Crippen LogP contribution in [0.25, 0.3) is 0 Å². The normalized spacial score (nSPS) is 29.4. The van der Waals surface area contributed by atoms with Gasteiger partial charge < -0.3 is 9.67 Å². The highest BCUT2D eigenvalue weighted by molar-refractivity contribution is 5.21. The molecule has 1 N–H and O–H groups in total. The van der Waals surface area contributed by atoms with Crippen molar-refractivity contribution in [2.24, 2.45) is 0 Å². The number of aliphatic hydroxyl groups is 1. The van der Waals surface area contributed by atoms with Crippen molar-refractivity contribution in [2.75, 3.05) is 0 Å². The van der Waals surface area contributed by atoms with E-state index in [-0.39, 0.29) is 6.10 Å². The van der Waals surface area contributed by atoms with E-state index in [1.165, 1.54) is 24.2 Å². The molecule has 3 rings (SSSR count). The molecule has 2 aliphatic rings. The third kappa shape index (κ3) is 1.49. The number of hydrogen-bond acceptors (Lipinski definition) is 2. The van der Waals surface area contributed by atoms with Crippen LogP contribution in [0.4, 0.5) is 0 Å². The maximum absolute atomic E-state index is 10.0. The van der Waals surface area contributed by atoms with Gasteiger partial charge in [0.05, 0.1) is 17.8 Å². The van der Waals surface area contributed by atoms with Crippen LogP contribution in [-0.2, 0) is 12.8 Å². The molecule has 1 aromatic rings. The Morgan fingerprint density at radius 1 is 1.19 bits per heavy atom. The fourth-order valence-electron chi connectivity index (χ4n) is 3.36. The van der Waals surface area contributed by atoms with Crippen LogP contribution in [0, 0.1) is 6.92 Å². The van der Waals surface area contributed by atoms with Crippen molar-refractivity contribution in [1.82, 2.24) is 9.55 Å². The van der Waals surface area contributed by atoms with E-state index in [1.807, 2.05) is 0 Å². The summed E-state index contributed by atoms with van der Waals surface area (Å²) in [7, 11) is 0. The van der Waals surface area contributed by atoms with E-state index < -0.39 is 0 Å². The Balaban J connectivity index is 2.02. The molecule has 2 atom stereocenters. The minimum Gasteiger partial charge on any atom is -0.391 e. The topological polar surface area (TPSA) is 38.0 Å². The van der Waals surface area contributed by atoms with E-state index in [4.69, 9.17) is 0 Å². The smallest absolute Gasteiger partial charge is 0.106 e. The summed E-state index contributed by atoms with van der Waals surface area (Å²) in [6.07, 6.45) is 7.90. The average Bonchev–Trinajstić information content (AvgIpc) is 2.81. The van der Waals surface area contributed by atoms with Crippen molar-refractivity contribution in [3.8, 4) is 0 Å². The molecule has 1 aromatic heterocycles. The minimum atomic E-state index is -0.154. The summed E-state index contributed by atoms with van der Waals surface area (Å²) < 4.78 is 2.34. The SMILES string of the molecule is Cc1nc2c(n1[C@@H]1CCC[C@H]1O)CCCC2. The van der Waals surface area contributed by atoms with Crippen LogP contribution in [-0.4, -0.2) is 20.8 Å². The molecule has 0 unspecified atom stereocenters. The van der Waals surface area contributed by atoms with Gasteiger partial charge in [-0.1, -0.05) is 0 Å². The molecule has 0 spiro atoms. The molecule has 3 heteroatoms. The van der Waals surface area contributed by atoms with Crippen LogP contribution < -0.4 is 0 Å². The van der Waals surface area contributed by atoms with Crippen LogP contribution in [0.3, 0.4) is 0 Å². The predicted molar refractivity (Wildman–Crippen MR) is 62.5 cm³/mol. The molecule has 0 bridgehead atoms. The molecule has 0 radical (unpaired) electrons. The van der Waals surface area contributed by atoms with E-state index in [0.717, 1.165) is 37.9 Å². The van der Waals surface area contributed by atoms with Gasteiger partial charge in [-0.15, -0.1) is 0 Å². The molecular formula is C13H20N2O. The summed E-state index contributed by atoms with van der Waals surface area (Å²) in [6.45, 7) is 2.09. The van der Waals surface area contributed by atoms with Gasteiger partial charge in [0.2, 0.25) is 0 Å². The Morgan fingerprint density at radius 3 is 2.75 bits per heavy atom. The summed E-state index contributed by atoms with van der Waals surface area (Å²) in [5, 5.41) is 10.0. The molecule has 0 amide bonds. The number of aromatic nitrogens is 2. The lowest BCUT2D eigenvalue weighted by Gasteiger charge is -2.22. The Kier molecular flexibility index (Phi) is 2.51. The van der Waals surface area contributed by atoms with Crippen molar-refractivity contribution in [2.45, 2.75) is 64.0 Å². The number of rotatable bonds is 1. The van der Waals surface area contributed by atoms with Gasteiger partial charge in [-0.2, -0.15) is 0 Å². The lowest BCUT2D eigenvalue weighted by Crippen LogP contribution is -2.22. The van der Waals surface area contributed by atoms with Crippen molar-refractivity contribution >= 4 is 0 Å². The highest BCUT2D eigenvalue weighted by Gasteiger charge is 2.31. The van der Waals surface area contributed by atoms with Gasteiger partial charge >= 0.3 is 0 Å². The maximum Gasteiger partial charge on any atom is 0.106 e. The molecule has 0 aliphatic heterocycles. The highest BCUT2D eigenvalue weighted by Crippen LogP contribution is 2.34. The predicted octanol–water partition coefficient (Wildman–Crippen LogP) is 2.16. The second-order valence-corrected chi connectivity index (χ2v) is 5.20. The van der Waals surface area contributed by atoms with E-state index >= 15 is 0 Å². The second kappa shape index (κ2) is 3.88. The zero-order chi connectivity index (χ0) is 11.1. The second-order valence-electron chi connectivity index (χ2n) is 5.20. The van der Waals surface area contributed by atoms with Gasteiger partial charge in [0.15, 0.2) is 0 Å². The standard InChI is InChI=1S/C13H20N2O/c1-9-14-10-5-2-3-6-11(10)15(9)12-7-4-8-13(12)16/h12-13,16H,2-8H2,1H3/t12-,13-/m1/s1. The summed E-state index contributed by atoms with van der Waals surface area (Å²) in [5.41, 5.74) is 2.71. The van der Waals surface area contributed by atoms with Crippen LogP contribution in [0.2, 0.25) is 0 Å². The molecule has 1 fully saturated rings. The van der Waals surface area contributed by atoms with Crippen molar-refractivity contribution in [1.29, 1.82) is 0 Å².